The maximum atomic E-state index is 15.0. The summed E-state index contributed by atoms with van der Waals surface area (Å²) in [6.45, 7) is 4.01. The van der Waals surface area contributed by atoms with Gasteiger partial charge in [-0.2, -0.15) is 10.1 Å². The molecule has 1 saturated carbocycles. The summed E-state index contributed by atoms with van der Waals surface area (Å²) in [5.41, 5.74) is 3.23. The monoisotopic (exact) mass is 527 g/mol. The number of anilines is 1. The fraction of sp³-hybridized carbons (Fsp3) is 0.375. The van der Waals surface area contributed by atoms with Gasteiger partial charge in [-0.15, -0.1) is 0 Å². The van der Waals surface area contributed by atoms with E-state index in [-0.39, 0.29) is 41.1 Å². The van der Waals surface area contributed by atoms with E-state index < -0.39 is 20.9 Å². The Morgan fingerprint density at radius 2 is 1.86 bits per heavy atom. The molecule has 1 unspecified atom stereocenters. The first-order chi connectivity index (χ1) is 17.2. The Hall–Kier alpha value is -3.18. The van der Waals surface area contributed by atoms with Gasteiger partial charge < -0.3 is 4.90 Å². The summed E-state index contributed by atoms with van der Waals surface area (Å²) in [6.07, 6.45) is 5.58. The van der Waals surface area contributed by atoms with Gasteiger partial charge in [-0.1, -0.05) is 11.6 Å². The van der Waals surface area contributed by atoms with Gasteiger partial charge in [0.25, 0.3) is 0 Å². The molecule has 1 aliphatic heterocycles. The van der Waals surface area contributed by atoms with E-state index >= 15 is 0 Å². The van der Waals surface area contributed by atoms with Crippen molar-refractivity contribution >= 4 is 38.6 Å². The lowest BCUT2D eigenvalue weighted by Crippen LogP contribution is -2.43. The van der Waals surface area contributed by atoms with E-state index in [0.29, 0.717) is 34.2 Å². The highest BCUT2D eigenvalue weighted by Crippen LogP contribution is 2.37. The van der Waals surface area contributed by atoms with Crippen molar-refractivity contribution < 1.29 is 12.8 Å². The van der Waals surface area contributed by atoms with E-state index in [9.17, 15) is 12.8 Å². The SMILES string of the molecule is Cc1nc2nc(N3CCS(=O)(=O)C(c4cnn(C5CC5)c4)C3)nc(-c3ccc(Cl)cc3F)c2nc1C. The van der Waals surface area contributed by atoms with Crippen LogP contribution in [0, 0.1) is 19.7 Å². The quantitative estimate of drug-likeness (QED) is 0.392. The number of halogens is 2. The predicted molar refractivity (Wildman–Crippen MR) is 134 cm³/mol. The molecule has 12 heteroatoms. The highest BCUT2D eigenvalue weighted by molar-refractivity contribution is 7.91. The van der Waals surface area contributed by atoms with Crippen LogP contribution in [-0.4, -0.2) is 57.0 Å². The zero-order chi connectivity index (χ0) is 25.2. The van der Waals surface area contributed by atoms with Gasteiger partial charge in [0.05, 0.1) is 29.4 Å². The average Bonchev–Trinajstić information content (AvgIpc) is 3.56. The standard InChI is InChI=1S/C24H23ClFN7O2S/c1-13-14(2)29-23-22(28-13)21(18-6-3-16(25)9-19(18)26)30-24(31-23)32-7-8-36(34,35)20(12-32)15-10-27-33(11-15)17-4-5-17/h3,6,9-11,17,20H,4-5,7-8,12H2,1-2H3. The van der Waals surface area contributed by atoms with Gasteiger partial charge in [-0.3, -0.25) is 4.68 Å². The largest absolute Gasteiger partial charge is 0.338 e. The van der Waals surface area contributed by atoms with Crippen LogP contribution < -0.4 is 4.90 Å². The molecule has 0 amide bonds. The van der Waals surface area contributed by atoms with E-state index in [1.807, 2.05) is 29.6 Å². The summed E-state index contributed by atoms with van der Waals surface area (Å²) >= 11 is 5.98. The molecule has 0 radical (unpaired) electrons. The number of fused-ring (bicyclic) bond motifs is 1. The number of aromatic nitrogens is 6. The van der Waals surface area contributed by atoms with Crippen LogP contribution in [0.2, 0.25) is 5.02 Å². The van der Waals surface area contributed by atoms with Crippen LogP contribution in [0.25, 0.3) is 22.4 Å². The topological polar surface area (TPSA) is 107 Å². The number of nitrogens with zero attached hydrogens (tertiary/aromatic N) is 7. The second kappa shape index (κ2) is 8.45. The number of hydrogen-bond acceptors (Lipinski definition) is 8. The Kier molecular flexibility index (Phi) is 5.45. The van der Waals surface area contributed by atoms with Gasteiger partial charge in [0.15, 0.2) is 15.5 Å². The maximum absolute atomic E-state index is 15.0. The van der Waals surface area contributed by atoms with E-state index in [1.165, 1.54) is 6.07 Å². The fourth-order valence-corrected chi connectivity index (χ4v) is 6.31. The Bertz CT molecular complexity index is 1620. The van der Waals surface area contributed by atoms with Crippen LogP contribution in [0.1, 0.15) is 41.1 Å². The molecule has 2 aliphatic rings. The van der Waals surface area contributed by atoms with Crippen molar-refractivity contribution in [3.63, 3.8) is 0 Å². The smallest absolute Gasteiger partial charge is 0.228 e. The predicted octanol–water partition coefficient (Wildman–Crippen LogP) is 4.00. The molecule has 0 bridgehead atoms. The average molecular weight is 528 g/mol. The summed E-state index contributed by atoms with van der Waals surface area (Å²) in [5, 5.41) is 3.88. The minimum absolute atomic E-state index is 0.0586. The Balaban J connectivity index is 1.45. The summed E-state index contributed by atoms with van der Waals surface area (Å²) in [5.74, 6) is -0.323. The molecule has 1 aromatic carbocycles. The molecule has 0 spiro atoms. The Morgan fingerprint density at radius 1 is 1.08 bits per heavy atom. The second-order valence-electron chi connectivity index (χ2n) is 9.35. The van der Waals surface area contributed by atoms with Crippen LogP contribution in [0.3, 0.4) is 0 Å². The number of sulfone groups is 1. The van der Waals surface area contributed by atoms with Crippen molar-refractivity contribution in [3.05, 3.63) is 58.4 Å². The molecular formula is C24H23ClFN7O2S. The minimum atomic E-state index is -3.39. The molecule has 9 nitrogen and oxygen atoms in total. The number of hydrogen-bond donors (Lipinski definition) is 0. The lowest BCUT2D eigenvalue weighted by Gasteiger charge is -2.32. The third kappa shape index (κ3) is 4.09. The summed E-state index contributed by atoms with van der Waals surface area (Å²) in [7, 11) is -3.39. The number of aryl methyl sites for hydroxylation is 2. The van der Waals surface area contributed by atoms with Crippen molar-refractivity contribution in [2.45, 2.75) is 38.0 Å². The van der Waals surface area contributed by atoms with Crippen LogP contribution >= 0.6 is 11.6 Å². The van der Waals surface area contributed by atoms with Crippen LogP contribution in [0.15, 0.2) is 30.6 Å². The molecule has 36 heavy (non-hydrogen) atoms. The van der Waals surface area contributed by atoms with Crippen molar-refractivity contribution in [1.82, 2.24) is 29.7 Å². The first-order valence-electron chi connectivity index (χ1n) is 11.7. The Labute approximate surface area is 212 Å². The van der Waals surface area contributed by atoms with E-state index in [0.717, 1.165) is 12.8 Å². The van der Waals surface area contributed by atoms with Gasteiger partial charge >= 0.3 is 0 Å². The zero-order valence-electron chi connectivity index (χ0n) is 19.7. The fourth-order valence-electron chi connectivity index (χ4n) is 4.45. The van der Waals surface area contributed by atoms with Crippen LogP contribution in [0.5, 0.6) is 0 Å². The van der Waals surface area contributed by atoms with Gasteiger partial charge in [0.1, 0.15) is 22.3 Å². The first-order valence-corrected chi connectivity index (χ1v) is 13.8. The molecule has 4 heterocycles. The van der Waals surface area contributed by atoms with Crippen molar-refractivity contribution in [2.75, 3.05) is 23.7 Å². The molecule has 2 fully saturated rings. The summed E-state index contributed by atoms with van der Waals surface area (Å²) in [6, 6.07) is 4.71. The molecule has 1 atom stereocenters. The molecule has 1 saturated heterocycles. The van der Waals surface area contributed by atoms with Crippen molar-refractivity contribution in [1.29, 1.82) is 0 Å². The normalized spacial score (nSPS) is 19.7. The highest BCUT2D eigenvalue weighted by Gasteiger charge is 2.37. The Morgan fingerprint density at radius 3 is 2.61 bits per heavy atom. The van der Waals surface area contributed by atoms with Gasteiger partial charge in [-0.05, 0) is 44.9 Å². The van der Waals surface area contributed by atoms with Crippen LogP contribution in [0.4, 0.5) is 10.3 Å². The third-order valence-corrected chi connectivity index (χ3v) is 9.05. The lowest BCUT2D eigenvalue weighted by molar-refractivity contribution is 0.565. The van der Waals surface area contributed by atoms with Crippen molar-refractivity contribution in [2.24, 2.45) is 0 Å². The van der Waals surface area contributed by atoms with Gasteiger partial charge in [0, 0.05) is 35.4 Å². The zero-order valence-corrected chi connectivity index (χ0v) is 21.3. The lowest BCUT2D eigenvalue weighted by atomic mass is 10.1. The molecule has 1 aliphatic carbocycles. The maximum Gasteiger partial charge on any atom is 0.228 e. The van der Waals surface area contributed by atoms with E-state index in [1.54, 1.807) is 18.3 Å². The molecule has 4 aromatic rings. The second-order valence-corrected chi connectivity index (χ2v) is 12.1. The highest BCUT2D eigenvalue weighted by atomic mass is 35.5. The molecular weight excluding hydrogens is 505 g/mol. The molecule has 6 rings (SSSR count). The summed E-state index contributed by atoms with van der Waals surface area (Å²) < 4.78 is 42.9. The summed E-state index contributed by atoms with van der Waals surface area (Å²) in [4.78, 5) is 20.3. The van der Waals surface area contributed by atoms with Crippen LogP contribution in [-0.2, 0) is 9.84 Å². The number of rotatable bonds is 4. The molecule has 0 N–H and O–H groups in total. The molecule has 3 aromatic heterocycles. The minimum Gasteiger partial charge on any atom is -0.338 e. The van der Waals surface area contributed by atoms with Gasteiger partial charge in [-0.25, -0.2) is 27.8 Å². The van der Waals surface area contributed by atoms with E-state index in [4.69, 9.17) is 11.6 Å². The van der Waals surface area contributed by atoms with E-state index in [2.05, 4.69) is 25.0 Å². The first kappa shape index (κ1) is 23.2. The number of benzene rings is 1. The third-order valence-electron chi connectivity index (χ3n) is 6.78. The van der Waals surface area contributed by atoms with Crippen molar-refractivity contribution in [3.8, 4) is 11.3 Å². The van der Waals surface area contributed by atoms with Gasteiger partial charge in [0.2, 0.25) is 5.95 Å². The molecule has 186 valence electrons.